The molecule has 0 aliphatic carbocycles. The highest BCUT2D eigenvalue weighted by Gasteiger charge is 2.09. The van der Waals surface area contributed by atoms with Gasteiger partial charge in [-0.2, -0.15) is 5.10 Å². The van der Waals surface area contributed by atoms with E-state index in [1.54, 1.807) is 19.2 Å². The lowest BCUT2D eigenvalue weighted by atomic mass is 10.2. The van der Waals surface area contributed by atoms with Gasteiger partial charge in [0, 0.05) is 25.5 Å². The van der Waals surface area contributed by atoms with Crippen LogP contribution in [0, 0.1) is 6.92 Å². The molecule has 5 nitrogen and oxygen atoms in total. The summed E-state index contributed by atoms with van der Waals surface area (Å²) in [5, 5.41) is 6.93. The molecule has 0 aromatic carbocycles. The monoisotopic (exact) mass is 233 g/mol. The summed E-state index contributed by atoms with van der Waals surface area (Å²) in [6.45, 7) is 3.21. The second-order valence-corrected chi connectivity index (χ2v) is 3.77. The van der Waals surface area contributed by atoms with Gasteiger partial charge in [0.1, 0.15) is 5.76 Å². The number of amides is 1. The van der Waals surface area contributed by atoms with Gasteiger partial charge < -0.3 is 9.73 Å². The van der Waals surface area contributed by atoms with Crippen LogP contribution in [0.1, 0.15) is 22.5 Å². The quantitative estimate of drug-likeness (QED) is 0.798. The summed E-state index contributed by atoms with van der Waals surface area (Å²) in [6.07, 6.45) is 6.02. The van der Waals surface area contributed by atoms with E-state index >= 15 is 0 Å². The van der Waals surface area contributed by atoms with Crippen LogP contribution in [0.2, 0.25) is 0 Å². The Hall–Kier alpha value is -2.04. The minimum absolute atomic E-state index is 0.0864. The van der Waals surface area contributed by atoms with Crippen molar-refractivity contribution < 1.29 is 9.21 Å². The van der Waals surface area contributed by atoms with E-state index in [1.807, 2.05) is 16.9 Å². The minimum Gasteiger partial charge on any atom is -0.469 e. The Bertz CT molecular complexity index is 474. The average Bonchev–Trinajstić information content (AvgIpc) is 2.95. The maximum absolute atomic E-state index is 11.7. The summed E-state index contributed by atoms with van der Waals surface area (Å²) < 4.78 is 6.92. The molecule has 0 unspecified atom stereocenters. The Morgan fingerprint density at radius 3 is 3.12 bits per heavy atom. The maximum Gasteiger partial charge on any atom is 0.254 e. The van der Waals surface area contributed by atoms with Crippen LogP contribution in [0.15, 0.2) is 35.2 Å². The van der Waals surface area contributed by atoms with Crippen molar-refractivity contribution in [1.82, 2.24) is 15.1 Å². The Kier molecular flexibility index (Phi) is 3.59. The normalized spacial score (nSPS) is 10.4. The van der Waals surface area contributed by atoms with E-state index in [4.69, 9.17) is 4.42 Å². The lowest BCUT2D eigenvalue weighted by molar-refractivity contribution is 0.0951. The van der Waals surface area contributed by atoms with Gasteiger partial charge in [0.15, 0.2) is 0 Å². The van der Waals surface area contributed by atoms with Gasteiger partial charge in [-0.1, -0.05) is 0 Å². The average molecular weight is 233 g/mol. The molecule has 0 fully saturated rings. The SMILES string of the molecule is Cc1occc1C(=O)NCCCn1cccn1. The van der Waals surface area contributed by atoms with Crippen LogP contribution in [-0.2, 0) is 6.54 Å². The van der Waals surface area contributed by atoms with Gasteiger partial charge in [-0.25, -0.2) is 0 Å². The number of hydrogen-bond donors (Lipinski definition) is 1. The molecule has 2 rings (SSSR count). The van der Waals surface area contributed by atoms with Crippen LogP contribution in [-0.4, -0.2) is 22.2 Å². The molecule has 0 radical (unpaired) electrons. The first-order valence-corrected chi connectivity index (χ1v) is 5.57. The third-order valence-corrected chi connectivity index (χ3v) is 2.51. The molecule has 2 aromatic heterocycles. The van der Waals surface area contributed by atoms with E-state index < -0.39 is 0 Å². The topological polar surface area (TPSA) is 60.1 Å². The number of carbonyl (C=O) groups is 1. The number of hydrogen-bond acceptors (Lipinski definition) is 3. The van der Waals surface area contributed by atoms with Gasteiger partial charge in [0.2, 0.25) is 0 Å². The Morgan fingerprint density at radius 2 is 2.47 bits per heavy atom. The molecule has 0 aliphatic rings. The Morgan fingerprint density at radius 1 is 1.59 bits per heavy atom. The first-order valence-electron chi connectivity index (χ1n) is 5.57. The predicted molar refractivity (Wildman–Crippen MR) is 62.6 cm³/mol. The molecule has 0 spiro atoms. The number of aromatic nitrogens is 2. The molecule has 2 heterocycles. The van der Waals surface area contributed by atoms with Crippen molar-refractivity contribution in [3.63, 3.8) is 0 Å². The number of aryl methyl sites for hydroxylation is 2. The van der Waals surface area contributed by atoms with Gasteiger partial charge in [-0.05, 0) is 25.5 Å². The van der Waals surface area contributed by atoms with E-state index in [1.165, 1.54) is 6.26 Å². The third-order valence-electron chi connectivity index (χ3n) is 2.51. The predicted octanol–water partition coefficient (Wildman–Crippen LogP) is 1.60. The van der Waals surface area contributed by atoms with Crippen LogP contribution in [0.4, 0.5) is 0 Å². The first kappa shape index (κ1) is 11.4. The zero-order chi connectivity index (χ0) is 12.1. The number of rotatable bonds is 5. The van der Waals surface area contributed by atoms with Crippen molar-refractivity contribution in [1.29, 1.82) is 0 Å². The van der Waals surface area contributed by atoms with Gasteiger partial charge in [-0.15, -0.1) is 0 Å². The Balaban J connectivity index is 1.72. The number of nitrogens with one attached hydrogen (secondary N) is 1. The van der Waals surface area contributed by atoms with Gasteiger partial charge in [-0.3, -0.25) is 9.48 Å². The smallest absolute Gasteiger partial charge is 0.254 e. The fourth-order valence-corrected chi connectivity index (χ4v) is 1.59. The molecular weight excluding hydrogens is 218 g/mol. The standard InChI is InChI=1S/C12H15N3O2/c1-10-11(4-9-17-10)12(16)13-5-2-7-15-8-3-6-14-15/h3-4,6,8-9H,2,5,7H2,1H3,(H,13,16). The summed E-state index contributed by atoms with van der Waals surface area (Å²) in [5.41, 5.74) is 0.601. The molecule has 0 atom stereocenters. The number of furan rings is 1. The number of carbonyl (C=O) groups excluding carboxylic acids is 1. The van der Waals surface area contributed by atoms with Crippen molar-refractivity contribution >= 4 is 5.91 Å². The number of nitrogens with zero attached hydrogens (tertiary/aromatic N) is 2. The maximum atomic E-state index is 11.7. The third kappa shape index (κ3) is 2.96. The molecule has 2 aromatic rings. The van der Waals surface area contributed by atoms with E-state index in [2.05, 4.69) is 10.4 Å². The van der Waals surface area contributed by atoms with Gasteiger partial charge in [0.05, 0.1) is 11.8 Å². The van der Waals surface area contributed by atoms with E-state index in [9.17, 15) is 4.79 Å². The molecule has 17 heavy (non-hydrogen) atoms. The highest BCUT2D eigenvalue weighted by molar-refractivity contribution is 5.94. The summed E-state index contributed by atoms with van der Waals surface area (Å²) in [7, 11) is 0. The summed E-state index contributed by atoms with van der Waals surface area (Å²) in [6, 6.07) is 3.56. The fourth-order valence-electron chi connectivity index (χ4n) is 1.59. The van der Waals surface area contributed by atoms with E-state index in [-0.39, 0.29) is 5.91 Å². The van der Waals surface area contributed by atoms with Crippen LogP contribution < -0.4 is 5.32 Å². The fraction of sp³-hybridized carbons (Fsp3) is 0.333. The summed E-state index contributed by atoms with van der Waals surface area (Å²) in [4.78, 5) is 11.7. The van der Waals surface area contributed by atoms with Crippen LogP contribution in [0.3, 0.4) is 0 Å². The molecular formula is C12H15N3O2. The highest BCUT2D eigenvalue weighted by Crippen LogP contribution is 2.07. The Labute approximate surface area is 99.4 Å². The minimum atomic E-state index is -0.0864. The van der Waals surface area contributed by atoms with Crippen LogP contribution >= 0.6 is 0 Å². The zero-order valence-electron chi connectivity index (χ0n) is 9.72. The molecule has 90 valence electrons. The molecule has 0 bridgehead atoms. The van der Waals surface area contributed by atoms with Gasteiger partial charge >= 0.3 is 0 Å². The molecule has 1 N–H and O–H groups in total. The van der Waals surface area contributed by atoms with Crippen molar-refractivity contribution in [3.8, 4) is 0 Å². The lowest BCUT2D eigenvalue weighted by Crippen LogP contribution is -2.25. The summed E-state index contributed by atoms with van der Waals surface area (Å²) in [5.74, 6) is 0.561. The molecule has 1 amide bonds. The second-order valence-electron chi connectivity index (χ2n) is 3.77. The van der Waals surface area contributed by atoms with Crippen molar-refractivity contribution in [2.45, 2.75) is 19.9 Å². The van der Waals surface area contributed by atoms with E-state index in [0.29, 0.717) is 17.9 Å². The van der Waals surface area contributed by atoms with Gasteiger partial charge in [0.25, 0.3) is 5.91 Å². The van der Waals surface area contributed by atoms with E-state index in [0.717, 1.165) is 13.0 Å². The largest absolute Gasteiger partial charge is 0.469 e. The zero-order valence-corrected chi connectivity index (χ0v) is 9.72. The van der Waals surface area contributed by atoms with Crippen LogP contribution in [0.5, 0.6) is 0 Å². The molecule has 0 saturated heterocycles. The van der Waals surface area contributed by atoms with Crippen LogP contribution in [0.25, 0.3) is 0 Å². The van der Waals surface area contributed by atoms with Crippen molar-refractivity contribution in [3.05, 3.63) is 42.1 Å². The molecule has 5 heteroatoms. The first-order chi connectivity index (χ1) is 8.27. The van der Waals surface area contributed by atoms with Crippen molar-refractivity contribution in [2.75, 3.05) is 6.54 Å². The highest BCUT2D eigenvalue weighted by atomic mass is 16.3. The lowest BCUT2D eigenvalue weighted by Gasteiger charge is -2.04. The summed E-state index contributed by atoms with van der Waals surface area (Å²) >= 11 is 0. The second kappa shape index (κ2) is 5.34. The molecule has 0 aliphatic heterocycles. The van der Waals surface area contributed by atoms with Crippen molar-refractivity contribution in [2.24, 2.45) is 0 Å². The molecule has 0 saturated carbocycles.